The van der Waals surface area contributed by atoms with Crippen LogP contribution in [0.25, 0.3) is 0 Å². The zero-order chi connectivity index (χ0) is 19.8. The van der Waals surface area contributed by atoms with Gasteiger partial charge >= 0.3 is 0 Å². The zero-order valence-electron chi connectivity index (χ0n) is 14.4. The molecule has 0 bridgehead atoms. The van der Waals surface area contributed by atoms with Gasteiger partial charge in [0.2, 0.25) is 11.8 Å². The Morgan fingerprint density at radius 2 is 2.07 bits per heavy atom. The summed E-state index contributed by atoms with van der Waals surface area (Å²) in [5.41, 5.74) is 1.25. The van der Waals surface area contributed by atoms with E-state index in [1.807, 2.05) is 0 Å². The lowest BCUT2D eigenvalue weighted by Crippen LogP contribution is -2.52. The van der Waals surface area contributed by atoms with Gasteiger partial charge in [0.25, 0.3) is 11.8 Å². The summed E-state index contributed by atoms with van der Waals surface area (Å²) in [4.78, 5) is 58.0. The molecule has 28 heavy (non-hydrogen) atoms. The second-order valence-corrected chi connectivity index (χ2v) is 6.80. The maximum Gasteiger partial charge on any atom is 0.275 e. The van der Waals surface area contributed by atoms with Crippen molar-refractivity contribution in [1.82, 2.24) is 20.2 Å². The summed E-state index contributed by atoms with van der Waals surface area (Å²) in [6.45, 7) is 0.0943. The van der Waals surface area contributed by atoms with Gasteiger partial charge in [0, 0.05) is 36.5 Å². The number of benzene rings is 1. The third kappa shape index (κ3) is 3.09. The van der Waals surface area contributed by atoms with Crippen LogP contribution in [0.3, 0.4) is 0 Å². The molecular formula is C18H14ClN5O4. The molecule has 1 aromatic carbocycles. The molecule has 1 fully saturated rings. The van der Waals surface area contributed by atoms with Crippen molar-refractivity contribution >= 4 is 40.9 Å². The minimum absolute atomic E-state index is 0.0943. The molecule has 1 atom stereocenters. The van der Waals surface area contributed by atoms with Gasteiger partial charge in [-0.1, -0.05) is 11.6 Å². The van der Waals surface area contributed by atoms with Crippen LogP contribution in [0.2, 0.25) is 5.02 Å². The molecule has 4 rings (SSSR count). The van der Waals surface area contributed by atoms with Crippen LogP contribution < -0.4 is 10.6 Å². The van der Waals surface area contributed by atoms with Crippen LogP contribution in [0.5, 0.6) is 0 Å². The van der Waals surface area contributed by atoms with E-state index >= 15 is 0 Å². The number of anilines is 1. The third-order valence-corrected chi connectivity index (χ3v) is 5.02. The first-order valence-corrected chi connectivity index (χ1v) is 8.87. The molecule has 1 saturated heterocycles. The predicted octanol–water partition coefficient (Wildman–Crippen LogP) is 1.14. The molecule has 2 aliphatic heterocycles. The van der Waals surface area contributed by atoms with Gasteiger partial charge in [0.1, 0.15) is 11.7 Å². The number of aromatic nitrogens is 2. The summed E-state index contributed by atoms with van der Waals surface area (Å²) in [5.74, 6) is -1.73. The number of nitrogens with one attached hydrogen (secondary N) is 2. The van der Waals surface area contributed by atoms with E-state index in [0.29, 0.717) is 11.1 Å². The number of piperidine rings is 1. The van der Waals surface area contributed by atoms with Crippen LogP contribution >= 0.6 is 11.6 Å². The number of rotatable bonds is 3. The van der Waals surface area contributed by atoms with Gasteiger partial charge < -0.3 is 10.2 Å². The SMILES string of the molecule is O=C1CCC(N2Cc3c(ccc(Cl)c3NC(=O)c3cnccn3)C2=O)C(=O)N1. The van der Waals surface area contributed by atoms with Gasteiger partial charge in [0.15, 0.2) is 0 Å². The van der Waals surface area contributed by atoms with Gasteiger partial charge in [-0.2, -0.15) is 0 Å². The molecule has 0 saturated carbocycles. The normalized spacial score (nSPS) is 18.7. The number of hydrogen-bond donors (Lipinski definition) is 2. The monoisotopic (exact) mass is 399 g/mol. The number of fused-ring (bicyclic) bond motifs is 1. The Kier molecular flexibility index (Phi) is 4.52. The molecule has 3 heterocycles. The van der Waals surface area contributed by atoms with Crippen molar-refractivity contribution in [2.24, 2.45) is 0 Å². The largest absolute Gasteiger partial charge is 0.322 e. The Hall–Kier alpha value is -3.33. The summed E-state index contributed by atoms with van der Waals surface area (Å²) >= 11 is 6.26. The summed E-state index contributed by atoms with van der Waals surface area (Å²) in [7, 11) is 0. The molecular weight excluding hydrogens is 386 g/mol. The van der Waals surface area contributed by atoms with E-state index in [9.17, 15) is 19.2 Å². The Morgan fingerprint density at radius 1 is 1.25 bits per heavy atom. The minimum atomic E-state index is -0.750. The van der Waals surface area contributed by atoms with E-state index in [4.69, 9.17) is 11.6 Å². The van der Waals surface area contributed by atoms with Crippen molar-refractivity contribution in [3.63, 3.8) is 0 Å². The first-order valence-electron chi connectivity index (χ1n) is 8.49. The summed E-state index contributed by atoms with van der Waals surface area (Å²) in [5, 5.41) is 5.19. The molecule has 1 aromatic heterocycles. The molecule has 2 aliphatic rings. The Labute approximate surface area is 164 Å². The first kappa shape index (κ1) is 18.1. The van der Waals surface area contributed by atoms with Crippen LogP contribution in [-0.2, 0) is 16.1 Å². The fourth-order valence-electron chi connectivity index (χ4n) is 3.34. The highest BCUT2D eigenvalue weighted by Crippen LogP contribution is 2.36. The standard InChI is InChI=1S/C18H14ClN5O4/c19-11-2-1-9-10(15(11)23-16(26)12-7-20-5-6-21-12)8-24(18(9)28)13-3-4-14(25)22-17(13)27/h1-2,5-7,13H,3-4,8H2,(H,23,26)(H,22,25,27). The Bertz CT molecular complexity index is 1010. The molecule has 142 valence electrons. The second-order valence-electron chi connectivity index (χ2n) is 6.39. The molecule has 0 spiro atoms. The number of amides is 4. The number of imide groups is 1. The van der Waals surface area contributed by atoms with E-state index in [-0.39, 0.29) is 47.6 Å². The highest BCUT2D eigenvalue weighted by molar-refractivity contribution is 6.34. The lowest BCUT2D eigenvalue weighted by Gasteiger charge is -2.29. The Balaban J connectivity index is 1.63. The van der Waals surface area contributed by atoms with E-state index in [0.717, 1.165) is 0 Å². The Morgan fingerprint density at radius 3 is 2.79 bits per heavy atom. The van der Waals surface area contributed by atoms with Crippen molar-refractivity contribution in [1.29, 1.82) is 0 Å². The maximum atomic E-state index is 12.8. The van der Waals surface area contributed by atoms with E-state index in [1.165, 1.54) is 29.6 Å². The topological polar surface area (TPSA) is 121 Å². The third-order valence-electron chi connectivity index (χ3n) is 4.70. The van der Waals surface area contributed by atoms with Gasteiger partial charge in [-0.25, -0.2) is 4.98 Å². The molecule has 0 aliphatic carbocycles. The van der Waals surface area contributed by atoms with Crippen LogP contribution in [0.15, 0.2) is 30.7 Å². The highest BCUT2D eigenvalue weighted by atomic mass is 35.5. The van der Waals surface area contributed by atoms with E-state index in [2.05, 4.69) is 20.6 Å². The molecule has 4 amide bonds. The summed E-state index contributed by atoms with van der Waals surface area (Å²) in [6, 6.07) is 2.32. The summed E-state index contributed by atoms with van der Waals surface area (Å²) in [6.07, 6.45) is 4.56. The molecule has 2 N–H and O–H groups in total. The van der Waals surface area contributed by atoms with Crippen molar-refractivity contribution in [3.05, 3.63) is 52.6 Å². The fraction of sp³-hybridized carbons (Fsp3) is 0.222. The van der Waals surface area contributed by atoms with Crippen molar-refractivity contribution in [2.45, 2.75) is 25.4 Å². The molecule has 10 heteroatoms. The second kappa shape index (κ2) is 7.01. The van der Waals surface area contributed by atoms with Gasteiger partial charge in [-0.3, -0.25) is 29.5 Å². The first-order chi connectivity index (χ1) is 13.5. The number of hydrogen-bond acceptors (Lipinski definition) is 6. The van der Waals surface area contributed by atoms with E-state index < -0.39 is 17.9 Å². The van der Waals surface area contributed by atoms with Gasteiger partial charge in [-0.05, 0) is 18.6 Å². The van der Waals surface area contributed by atoms with Crippen molar-refractivity contribution in [3.8, 4) is 0 Å². The van der Waals surface area contributed by atoms with Crippen LogP contribution in [0.1, 0.15) is 39.3 Å². The van der Waals surface area contributed by atoms with E-state index in [1.54, 1.807) is 6.07 Å². The molecule has 0 radical (unpaired) electrons. The fourth-order valence-corrected chi connectivity index (χ4v) is 3.57. The maximum absolute atomic E-state index is 12.8. The summed E-state index contributed by atoms with van der Waals surface area (Å²) < 4.78 is 0. The van der Waals surface area contributed by atoms with Crippen LogP contribution in [0.4, 0.5) is 5.69 Å². The lowest BCUT2D eigenvalue weighted by molar-refractivity contribution is -0.136. The average molecular weight is 400 g/mol. The number of carbonyl (C=O) groups is 4. The molecule has 1 unspecified atom stereocenters. The number of nitrogens with zero attached hydrogens (tertiary/aromatic N) is 3. The van der Waals surface area contributed by atoms with Crippen LogP contribution in [-0.4, -0.2) is 44.5 Å². The lowest BCUT2D eigenvalue weighted by atomic mass is 10.0. The van der Waals surface area contributed by atoms with Gasteiger partial charge in [-0.15, -0.1) is 0 Å². The average Bonchev–Trinajstić information content (AvgIpc) is 3.01. The zero-order valence-corrected chi connectivity index (χ0v) is 15.2. The highest BCUT2D eigenvalue weighted by Gasteiger charge is 2.40. The quantitative estimate of drug-likeness (QED) is 0.746. The molecule has 9 nitrogen and oxygen atoms in total. The predicted molar refractivity (Wildman–Crippen MR) is 97.5 cm³/mol. The smallest absolute Gasteiger partial charge is 0.275 e. The number of carbonyl (C=O) groups excluding carboxylic acids is 4. The number of halogens is 1. The van der Waals surface area contributed by atoms with Crippen LogP contribution in [0, 0.1) is 0 Å². The minimum Gasteiger partial charge on any atom is -0.322 e. The van der Waals surface area contributed by atoms with Crippen molar-refractivity contribution < 1.29 is 19.2 Å². The van der Waals surface area contributed by atoms with Gasteiger partial charge in [0.05, 0.1) is 16.9 Å². The molecule has 2 aromatic rings. The van der Waals surface area contributed by atoms with Crippen molar-refractivity contribution in [2.75, 3.05) is 5.32 Å².